The molecule has 18 heavy (non-hydrogen) atoms. The van der Waals surface area contributed by atoms with Gasteiger partial charge in [0.25, 0.3) is 0 Å². The van der Waals surface area contributed by atoms with E-state index in [-0.39, 0.29) is 0 Å². The molecule has 0 atom stereocenters. The zero-order valence-corrected chi connectivity index (χ0v) is 9.25. The van der Waals surface area contributed by atoms with Crippen LogP contribution in [-0.2, 0) is 6.42 Å². The lowest BCUT2D eigenvalue weighted by Gasteiger charge is -1.96. The summed E-state index contributed by atoms with van der Waals surface area (Å²) in [5, 5.41) is 17.7. The second-order valence-electron chi connectivity index (χ2n) is 3.68. The van der Waals surface area contributed by atoms with Gasteiger partial charge in [0.2, 0.25) is 0 Å². The van der Waals surface area contributed by atoms with Gasteiger partial charge in [-0.25, -0.2) is 14.6 Å². The molecule has 2 aromatic rings. The second-order valence-corrected chi connectivity index (χ2v) is 3.68. The van der Waals surface area contributed by atoms with Crippen LogP contribution in [0.25, 0.3) is 0 Å². The molecule has 1 heterocycles. The first-order valence-electron chi connectivity index (χ1n) is 5.17. The quantitative estimate of drug-likeness (QED) is 0.756. The molecule has 1 aromatic carbocycles. The lowest BCUT2D eigenvalue weighted by molar-refractivity contribution is 0.0644. The van der Waals surface area contributed by atoms with Crippen molar-refractivity contribution in [3.63, 3.8) is 0 Å². The largest absolute Gasteiger partial charge is 0.477 e. The first-order valence-corrected chi connectivity index (χ1v) is 5.17. The Morgan fingerprint density at radius 2 is 1.78 bits per heavy atom. The maximum atomic E-state index is 10.9. The van der Waals surface area contributed by atoms with Gasteiger partial charge in [0, 0.05) is 6.42 Å². The highest BCUT2D eigenvalue weighted by Gasteiger charge is 2.21. The van der Waals surface area contributed by atoms with E-state index < -0.39 is 23.3 Å². The second kappa shape index (κ2) is 4.70. The lowest BCUT2D eigenvalue weighted by Crippen LogP contribution is -2.07. The van der Waals surface area contributed by atoms with Crippen molar-refractivity contribution in [3.8, 4) is 0 Å². The predicted molar refractivity (Wildman–Crippen MR) is 61.8 cm³/mol. The highest BCUT2D eigenvalue weighted by molar-refractivity contribution is 5.98. The zero-order chi connectivity index (χ0) is 13.1. The van der Waals surface area contributed by atoms with Crippen LogP contribution in [0.3, 0.4) is 0 Å². The summed E-state index contributed by atoms with van der Waals surface area (Å²) >= 11 is 0. The Labute approximate surface area is 102 Å². The van der Waals surface area contributed by atoms with Crippen molar-refractivity contribution in [2.75, 3.05) is 0 Å². The van der Waals surface area contributed by atoms with Crippen molar-refractivity contribution < 1.29 is 19.8 Å². The van der Waals surface area contributed by atoms with Crippen molar-refractivity contribution in [1.82, 2.24) is 9.97 Å². The molecule has 0 amide bonds. The molecular formula is C12H10N2O4. The number of nitrogens with one attached hydrogen (secondary N) is 1. The highest BCUT2D eigenvalue weighted by Crippen LogP contribution is 2.11. The van der Waals surface area contributed by atoms with Crippen molar-refractivity contribution in [2.45, 2.75) is 6.42 Å². The number of rotatable bonds is 4. The molecule has 0 aliphatic heterocycles. The van der Waals surface area contributed by atoms with E-state index in [2.05, 4.69) is 9.97 Å². The van der Waals surface area contributed by atoms with Gasteiger partial charge in [-0.15, -0.1) is 0 Å². The average Bonchev–Trinajstić information content (AvgIpc) is 2.74. The van der Waals surface area contributed by atoms with Crippen LogP contribution < -0.4 is 0 Å². The standard InChI is InChI=1S/C12H10N2O4/c15-11(16)9-10(12(17)18)14-8(13-9)6-7-4-2-1-3-5-7/h1-5H,6H2,(H,13,14)(H,15,16)(H,17,18). The third-order valence-corrected chi connectivity index (χ3v) is 2.38. The van der Waals surface area contributed by atoms with Gasteiger partial charge in [-0.05, 0) is 5.56 Å². The fourth-order valence-corrected chi connectivity index (χ4v) is 1.60. The Bertz CT molecular complexity index is 558. The monoisotopic (exact) mass is 246 g/mol. The van der Waals surface area contributed by atoms with Crippen LogP contribution in [0.1, 0.15) is 32.4 Å². The summed E-state index contributed by atoms with van der Waals surface area (Å²) in [4.78, 5) is 28.0. The summed E-state index contributed by atoms with van der Waals surface area (Å²) < 4.78 is 0. The molecule has 0 aliphatic carbocycles. The summed E-state index contributed by atoms with van der Waals surface area (Å²) in [6.45, 7) is 0. The van der Waals surface area contributed by atoms with Gasteiger partial charge in [0.15, 0.2) is 11.4 Å². The van der Waals surface area contributed by atoms with Gasteiger partial charge in [-0.3, -0.25) is 0 Å². The number of carboxylic acids is 2. The Kier molecular flexibility index (Phi) is 3.09. The van der Waals surface area contributed by atoms with E-state index in [1.165, 1.54) is 0 Å². The van der Waals surface area contributed by atoms with Gasteiger partial charge < -0.3 is 15.2 Å². The maximum absolute atomic E-state index is 10.9. The van der Waals surface area contributed by atoms with E-state index in [4.69, 9.17) is 10.2 Å². The Balaban J connectivity index is 2.33. The minimum atomic E-state index is -1.36. The van der Waals surface area contributed by atoms with Crippen LogP contribution in [0, 0.1) is 0 Å². The molecule has 6 heteroatoms. The SMILES string of the molecule is O=C(O)c1nc(Cc2ccccc2)[nH]c1C(=O)O. The molecule has 0 spiro atoms. The molecule has 0 unspecified atom stereocenters. The average molecular weight is 246 g/mol. The molecule has 0 saturated carbocycles. The van der Waals surface area contributed by atoms with Crippen LogP contribution in [0.15, 0.2) is 30.3 Å². The number of hydrogen-bond acceptors (Lipinski definition) is 3. The van der Waals surface area contributed by atoms with Crippen molar-refractivity contribution in [3.05, 3.63) is 53.1 Å². The zero-order valence-electron chi connectivity index (χ0n) is 9.25. The van der Waals surface area contributed by atoms with Gasteiger partial charge >= 0.3 is 11.9 Å². The predicted octanol–water partition coefficient (Wildman–Crippen LogP) is 1.40. The molecule has 3 N–H and O–H groups in total. The summed E-state index contributed by atoms with van der Waals surface area (Å²) in [5.74, 6) is -2.38. The number of carbonyl (C=O) groups is 2. The van der Waals surface area contributed by atoms with Gasteiger partial charge in [-0.1, -0.05) is 30.3 Å². The van der Waals surface area contributed by atoms with Crippen LogP contribution in [-0.4, -0.2) is 32.1 Å². The van der Waals surface area contributed by atoms with Crippen LogP contribution in [0.5, 0.6) is 0 Å². The molecule has 0 fully saturated rings. The number of imidazole rings is 1. The highest BCUT2D eigenvalue weighted by atomic mass is 16.4. The Morgan fingerprint density at radius 1 is 1.11 bits per heavy atom. The third kappa shape index (κ3) is 2.37. The van der Waals surface area contributed by atoms with Crippen LogP contribution >= 0.6 is 0 Å². The minimum absolute atomic E-state index is 0.316. The molecule has 6 nitrogen and oxygen atoms in total. The number of benzene rings is 1. The molecule has 0 aliphatic rings. The molecule has 2 rings (SSSR count). The van der Waals surface area contributed by atoms with E-state index in [1.807, 2.05) is 30.3 Å². The fourth-order valence-electron chi connectivity index (χ4n) is 1.60. The van der Waals surface area contributed by atoms with Gasteiger partial charge in [-0.2, -0.15) is 0 Å². The molecular weight excluding hydrogens is 236 g/mol. The molecule has 0 bridgehead atoms. The van der Waals surface area contributed by atoms with Gasteiger partial charge in [0.1, 0.15) is 5.82 Å². The molecule has 1 aromatic heterocycles. The lowest BCUT2D eigenvalue weighted by atomic mass is 10.1. The summed E-state index contributed by atoms with van der Waals surface area (Å²) in [6.07, 6.45) is 0.356. The number of hydrogen-bond donors (Lipinski definition) is 3. The fraction of sp³-hybridized carbons (Fsp3) is 0.0833. The molecule has 92 valence electrons. The Hall–Kier alpha value is -2.63. The summed E-state index contributed by atoms with van der Waals surface area (Å²) in [5.41, 5.74) is 0.0574. The summed E-state index contributed by atoms with van der Waals surface area (Å²) in [6, 6.07) is 9.24. The number of aromatic amines is 1. The third-order valence-electron chi connectivity index (χ3n) is 2.38. The number of aromatic carboxylic acids is 2. The van der Waals surface area contributed by atoms with E-state index in [9.17, 15) is 9.59 Å². The molecule has 0 saturated heterocycles. The first kappa shape index (κ1) is 11.8. The van der Waals surface area contributed by atoms with Crippen molar-refractivity contribution in [2.24, 2.45) is 0 Å². The summed E-state index contributed by atoms with van der Waals surface area (Å²) in [7, 11) is 0. The number of nitrogens with zero attached hydrogens (tertiary/aromatic N) is 1. The number of carboxylic acid groups (broad SMARTS) is 2. The molecule has 0 radical (unpaired) electrons. The Morgan fingerprint density at radius 3 is 2.28 bits per heavy atom. The smallest absolute Gasteiger partial charge is 0.357 e. The first-order chi connectivity index (χ1) is 8.58. The van der Waals surface area contributed by atoms with Gasteiger partial charge in [0.05, 0.1) is 0 Å². The number of aromatic nitrogens is 2. The minimum Gasteiger partial charge on any atom is -0.477 e. The maximum Gasteiger partial charge on any atom is 0.357 e. The topological polar surface area (TPSA) is 103 Å². The van der Waals surface area contributed by atoms with E-state index >= 15 is 0 Å². The van der Waals surface area contributed by atoms with Crippen LogP contribution in [0.4, 0.5) is 0 Å². The van der Waals surface area contributed by atoms with Crippen molar-refractivity contribution in [1.29, 1.82) is 0 Å². The van der Waals surface area contributed by atoms with E-state index in [0.717, 1.165) is 5.56 Å². The van der Waals surface area contributed by atoms with E-state index in [0.29, 0.717) is 12.2 Å². The normalized spacial score (nSPS) is 10.2. The van der Waals surface area contributed by atoms with Crippen LogP contribution in [0.2, 0.25) is 0 Å². The van der Waals surface area contributed by atoms with E-state index in [1.54, 1.807) is 0 Å². The number of H-pyrrole nitrogens is 1. The van der Waals surface area contributed by atoms with Crippen molar-refractivity contribution >= 4 is 11.9 Å².